The molecule has 1 atom stereocenters. The summed E-state index contributed by atoms with van der Waals surface area (Å²) in [5.74, 6) is -0.158. The average molecular weight is 474 g/mol. The van der Waals surface area contributed by atoms with Gasteiger partial charge in [0.15, 0.2) is 6.10 Å². The lowest BCUT2D eigenvalue weighted by atomic mass is 9.86. The van der Waals surface area contributed by atoms with Crippen LogP contribution in [0, 0.1) is 20.8 Å². The van der Waals surface area contributed by atoms with Crippen molar-refractivity contribution in [1.29, 1.82) is 0 Å². The number of nitrogens with one attached hydrogen (secondary N) is 1. The van der Waals surface area contributed by atoms with Crippen molar-refractivity contribution in [2.75, 3.05) is 18.4 Å². The van der Waals surface area contributed by atoms with Gasteiger partial charge in [-0.15, -0.1) is 0 Å². The SMILES string of the molecule is COC(=O)[C@@H](OC(C)(C)C)c1c(C)c2c(c(C)c1-c1ccc(C)cc1)OC/C=C\S(=O)(=O)N2. The highest BCUT2D eigenvalue weighted by Gasteiger charge is 2.35. The number of sulfonamides is 1. The maximum Gasteiger partial charge on any atom is 0.339 e. The number of benzene rings is 2. The lowest BCUT2D eigenvalue weighted by Gasteiger charge is -2.31. The monoisotopic (exact) mass is 473 g/mol. The van der Waals surface area contributed by atoms with Crippen LogP contribution >= 0.6 is 0 Å². The zero-order chi connectivity index (χ0) is 24.6. The maximum absolute atomic E-state index is 13.0. The van der Waals surface area contributed by atoms with Gasteiger partial charge in [-0.1, -0.05) is 29.8 Å². The van der Waals surface area contributed by atoms with Crippen molar-refractivity contribution in [2.45, 2.75) is 53.2 Å². The predicted molar refractivity (Wildman–Crippen MR) is 129 cm³/mol. The number of esters is 1. The number of fused-ring (bicyclic) bond motifs is 1. The average Bonchev–Trinajstić information content (AvgIpc) is 2.71. The van der Waals surface area contributed by atoms with E-state index >= 15 is 0 Å². The molecule has 2 aromatic carbocycles. The molecular formula is C25H31NO6S. The van der Waals surface area contributed by atoms with E-state index in [1.807, 2.05) is 58.9 Å². The van der Waals surface area contributed by atoms with Gasteiger partial charge in [0, 0.05) is 11.1 Å². The summed E-state index contributed by atoms with van der Waals surface area (Å²) in [6.07, 6.45) is 0.361. The van der Waals surface area contributed by atoms with E-state index in [2.05, 4.69) is 4.72 Å². The van der Waals surface area contributed by atoms with E-state index in [9.17, 15) is 13.2 Å². The van der Waals surface area contributed by atoms with E-state index in [0.717, 1.165) is 22.1 Å². The molecule has 178 valence electrons. The summed E-state index contributed by atoms with van der Waals surface area (Å²) in [6.45, 7) is 11.2. The van der Waals surface area contributed by atoms with Gasteiger partial charge in [0.25, 0.3) is 10.0 Å². The molecule has 1 aliphatic heterocycles. The largest absolute Gasteiger partial charge is 0.487 e. The van der Waals surface area contributed by atoms with Crippen molar-refractivity contribution in [1.82, 2.24) is 0 Å². The zero-order valence-electron chi connectivity index (χ0n) is 20.1. The minimum Gasteiger partial charge on any atom is -0.487 e. The maximum atomic E-state index is 13.0. The highest BCUT2D eigenvalue weighted by Crippen LogP contribution is 2.47. The molecule has 0 spiro atoms. The summed E-state index contributed by atoms with van der Waals surface area (Å²) in [5, 5.41) is 1.07. The van der Waals surface area contributed by atoms with E-state index < -0.39 is 27.7 Å². The summed E-state index contributed by atoms with van der Waals surface area (Å²) in [7, 11) is -2.44. The van der Waals surface area contributed by atoms with Crippen molar-refractivity contribution in [3.63, 3.8) is 0 Å². The van der Waals surface area contributed by atoms with Crippen LogP contribution in [0.2, 0.25) is 0 Å². The number of anilines is 1. The summed E-state index contributed by atoms with van der Waals surface area (Å²) in [4.78, 5) is 13.0. The first-order chi connectivity index (χ1) is 15.3. The van der Waals surface area contributed by atoms with Gasteiger partial charge in [-0.05, 0) is 64.3 Å². The lowest BCUT2D eigenvalue weighted by Crippen LogP contribution is -2.29. The fourth-order valence-corrected chi connectivity index (χ4v) is 4.81. The minimum absolute atomic E-state index is 0.0970. The molecule has 0 unspecified atom stereocenters. The Hall–Kier alpha value is -2.84. The topological polar surface area (TPSA) is 90.9 Å². The number of ether oxygens (including phenoxy) is 3. The van der Waals surface area contributed by atoms with Gasteiger partial charge in [0.05, 0.1) is 23.8 Å². The quantitative estimate of drug-likeness (QED) is 0.632. The molecular weight excluding hydrogens is 442 g/mol. The third kappa shape index (κ3) is 5.39. The second-order valence-corrected chi connectivity index (χ2v) is 10.6. The number of aryl methyl sites for hydroxylation is 1. The molecule has 0 radical (unpaired) electrons. The second-order valence-electron chi connectivity index (χ2n) is 9.07. The Labute approximate surface area is 195 Å². The number of methoxy groups -OCH3 is 1. The first-order valence-electron chi connectivity index (χ1n) is 10.7. The molecule has 0 aromatic heterocycles. The van der Waals surface area contributed by atoms with E-state index in [0.29, 0.717) is 22.4 Å². The molecule has 1 aliphatic rings. The Kier molecular flexibility index (Phi) is 6.91. The van der Waals surface area contributed by atoms with E-state index in [1.54, 1.807) is 6.92 Å². The molecule has 0 aliphatic carbocycles. The Morgan fingerprint density at radius 2 is 1.73 bits per heavy atom. The number of rotatable bonds is 4. The predicted octanol–water partition coefficient (Wildman–Crippen LogP) is 4.96. The molecule has 0 fully saturated rings. The van der Waals surface area contributed by atoms with Crippen LogP contribution in [0.25, 0.3) is 11.1 Å². The minimum atomic E-state index is -3.75. The molecule has 3 rings (SSSR count). The molecule has 0 amide bonds. The summed E-state index contributed by atoms with van der Waals surface area (Å²) >= 11 is 0. The number of carbonyl (C=O) groups is 1. The third-order valence-corrected chi connectivity index (χ3v) is 6.36. The van der Waals surface area contributed by atoms with Crippen LogP contribution in [0.15, 0.2) is 35.7 Å². The lowest BCUT2D eigenvalue weighted by molar-refractivity contribution is -0.164. The number of hydrogen-bond acceptors (Lipinski definition) is 6. The Balaban J connectivity index is 2.43. The normalized spacial score (nSPS) is 16.9. The molecule has 0 saturated carbocycles. The van der Waals surface area contributed by atoms with Crippen LogP contribution in [0.3, 0.4) is 0 Å². The molecule has 8 heteroatoms. The molecule has 2 aromatic rings. The summed E-state index contributed by atoms with van der Waals surface area (Å²) in [5.41, 5.74) is 4.06. The highest BCUT2D eigenvalue weighted by atomic mass is 32.2. The standard InChI is InChI=1S/C25H31NO6S/c1-15-9-11-18(12-10-15)19-17(3)22-21(26-33(28,29)14-8-13-31-22)16(2)20(19)23(24(27)30-7)32-25(4,5)6/h8-12,14,23,26H,13H2,1-7H3/b14-8-/t23-/m0/s1. The van der Waals surface area contributed by atoms with Gasteiger partial charge in [0.1, 0.15) is 12.4 Å². The van der Waals surface area contributed by atoms with Gasteiger partial charge in [-0.2, -0.15) is 0 Å². The van der Waals surface area contributed by atoms with E-state index in [4.69, 9.17) is 14.2 Å². The van der Waals surface area contributed by atoms with Crippen LogP contribution in [0.5, 0.6) is 5.75 Å². The zero-order valence-corrected chi connectivity index (χ0v) is 20.9. The van der Waals surface area contributed by atoms with Gasteiger partial charge in [-0.3, -0.25) is 4.72 Å². The van der Waals surface area contributed by atoms with E-state index in [-0.39, 0.29) is 12.3 Å². The van der Waals surface area contributed by atoms with Crippen molar-refractivity contribution in [2.24, 2.45) is 0 Å². The first-order valence-corrected chi connectivity index (χ1v) is 12.2. The van der Waals surface area contributed by atoms with Crippen molar-refractivity contribution in [3.8, 4) is 16.9 Å². The third-order valence-electron chi connectivity index (χ3n) is 5.32. The Morgan fingerprint density at radius 1 is 1.09 bits per heavy atom. The van der Waals surface area contributed by atoms with Gasteiger partial charge in [0.2, 0.25) is 0 Å². The Morgan fingerprint density at radius 3 is 2.30 bits per heavy atom. The van der Waals surface area contributed by atoms with Crippen LogP contribution in [-0.4, -0.2) is 33.7 Å². The van der Waals surface area contributed by atoms with Crippen LogP contribution in [0.4, 0.5) is 5.69 Å². The number of hydrogen-bond donors (Lipinski definition) is 1. The molecule has 33 heavy (non-hydrogen) atoms. The Bertz CT molecular complexity index is 1190. The fraction of sp³-hybridized carbons (Fsp3) is 0.400. The van der Waals surface area contributed by atoms with Crippen molar-refractivity contribution < 1.29 is 27.4 Å². The number of carbonyl (C=O) groups excluding carboxylic acids is 1. The smallest absolute Gasteiger partial charge is 0.339 e. The van der Waals surface area contributed by atoms with Crippen molar-refractivity contribution in [3.05, 3.63) is 58.0 Å². The van der Waals surface area contributed by atoms with Crippen molar-refractivity contribution >= 4 is 21.7 Å². The fourth-order valence-electron chi connectivity index (χ4n) is 3.88. The van der Waals surface area contributed by atoms with Crippen LogP contribution in [-0.2, 0) is 24.3 Å². The van der Waals surface area contributed by atoms with Gasteiger partial charge >= 0.3 is 5.97 Å². The highest BCUT2D eigenvalue weighted by molar-refractivity contribution is 7.95. The molecule has 0 bridgehead atoms. The molecule has 1 N–H and O–H groups in total. The molecule has 0 saturated heterocycles. The summed E-state index contributed by atoms with van der Waals surface area (Å²) < 4.78 is 45.0. The molecule has 1 heterocycles. The van der Waals surface area contributed by atoms with Gasteiger partial charge in [-0.25, -0.2) is 13.2 Å². The first kappa shape index (κ1) is 24.8. The molecule has 7 nitrogen and oxygen atoms in total. The van der Waals surface area contributed by atoms with Gasteiger partial charge < -0.3 is 14.2 Å². The summed E-state index contributed by atoms with van der Waals surface area (Å²) in [6, 6.07) is 7.89. The van der Waals surface area contributed by atoms with Crippen LogP contribution < -0.4 is 9.46 Å². The van der Waals surface area contributed by atoms with Crippen LogP contribution in [0.1, 0.15) is 49.1 Å². The van der Waals surface area contributed by atoms with E-state index in [1.165, 1.54) is 13.2 Å². The second kappa shape index (κ2) is 9.19.